The van der Waals surface area contributed by atoms with Gasteiger partial charge < -0.3 is 19.9 Å². The number of amides is 1. The lowest BCUT2D eigenvalue weighted by Crippen LogP contribution is -2.33. The molecule has 3 aromatic rings. The summed E-state index contributed by atoms with van der Waals surface area (Å²) in [6, 6.07) is 15.8. The summed E-state index contributed by atoms with van der Waals surface area (Å²) in [6.45, 7) is 0.477. The fourth-order valence-electron chi connectivity index (χ4n) is 3.57. The second-order valence-electron chi connectivity index (χ2n) is 7.28. The number of carbonyl (C=O) groups is 1. The normalized spacial score (nSPS) is 18.1. The summed E-state index contributed by atoms with van der Waals surface area (Å²) in [5, 5.41) is 15.2. The second-order valence-corrected chi connectivity index (χ2v) is 8.19. The van der Waals surface area contributed by atoms with Crippen LogP contribution in [0.15, 0.2) is 65.7 Å². The van der Waals surface area contributed by atoms with Gasteiger partial charge >= 0.3 is 0 Å². The Kier molecular flexibility index (Phi) is 6.68. The molecule has 0 aliphatic carbocycles. The van der Waals surface area contributed by atoms with Crippen LogP contribution in [0.25, 0.3) is 10.1 Å². The summed E-state index contributed by atoms with van der Waals surface area (Å²) in [5.74, 6) is 2.27. The Morgan fingerprint density at radius 1 is 1.23 bits per heavy atom. The van der Waals surface area contributed by atoms with Crippen LogP contribution in [0.4, 0.5) is 0 Å². The number of nitrogens with one attached hydrogen (secondary N) is 1. The molecule has 0 radical (unpaired) electrons. The van der Waals surface area contributed by atoms with E-state index in [0.717, 1.165) is 16.7 Å². The average molecular weight is 434 g/mol. The number of ether oxygens (including phenoxy) is 2. The second kappa shape index (κ2) is 9.80. The third-order valence-corrected chi connectivity index (χ3v) is 6.17. The lowest BCUT2D eigenvalue weighted by molar-refractivity contribution is -0.150. The first kappa shape index (κ1) is 21.1. The van der Waals surface area contributed by atoms with E-state index in [-0.39, 0.29) is 30.7 Å². The number of benzene rings is 2. The van der Waals surface area contributed by atoms with Crippen LogP contribution in [-0.2, 0) is 27.5 Å². The summed E-state index contributed by atoms with van der Waals surface area (Å²) in [6.07, 6.45) is 7.15. The minimum atomic E-state index is -0.572. The Morgan fingerprint density at radius 2 is 2.00 bits per heavy atom. The molecule has 0 bridgehead atoms. The van der Waals surface area contributed by atoms with E-state index in [1.807, 2.05) is 42.5 Å². The number of thiophene rings is 1. The number of hydrogen-bond acceptors (Lipinski definition) is 5. The highest BCUT2D eigenvalue weighted by Crippen LogP contribution is 2.38. The topological polar surface area (TPSA) is 67.8 Å². The van der Waals surface area contributed by atoms with Crippen molar-refractivity contribution < 1.29 is 19.4 Å². The zero-order valence-corrected chi connectivity index (χ0v) is 17.7. The van der Waals surface area contributed by atoms with Gasteiger partial charge in [0.05, 0.1) is 19.8 Å². The smallest absolute Gasteiger partial charge is 0.286 e. The van der Waals surface area contributed by atoms with Crippen molar-refractivity contribution in [3.8, 4) is 12.3 Å². The Morgan fingerprint density at radius 3 is 2.77 bits per heavy atom. The molecule has 2 N–H and O–H groups in total. The molecule has 1 aliphatic heterocycles. The van der Waals surface area contributed by atoms with Gasteiger partial charge in [0.15, 0.2) is 5.76 Å². The van der Waals surface area contributed by atoms with Crippen LogP contribution in [-0.4, -0.2) is 23.8 Å². The number of aliphatic hydroxyl groups excluding tert-OH is 1. The fraction of sp³-hybridized carbons (Fsp3) is 0.240. The van der Waals surface area contributed by atoms with E-state index >= 15 is 0 Å². The van der Waals surface area contributed by atoms with Crippen LogP contribution in [0, 0.1) is 12.3 Å². The monoisotopic (exact) mass is 433 g/mol. The molecule has 0 spiro atoms. The zero-order valence-electron chi connectivity index (χ0n) is 16.9. The van der Waals surface area contributed by atoms with Crippen LogP contribution in [0.3, 0.4) is 0 Å². The Balaban J connectivity index is 1.55. The molecular weight excluding hydrogens is 410 g/mol. The van der Waals surface area contributed by atoms with Gasteiger partial charge in [-0.3, -0.25) is 4.79 Å². The Labute approximate surface area is 185 Å². The van der Waals surface area contributed by atoms with Crippen LogP contribution in [0.1, 0.15) is 29.0 Å². The van der Waals surface area contributed by atoms with Crippen LogP contribution < -0.4 is 5.32 Å². The fourth-order valence-corrected chi connectivity index (χ4v) is 4.59. The summed E-state index contributed by atoms with van der Waals surface area (Å²) in [4.78, 5) is 12.5. The lowest BCUT2D eigenvalue weighted by Gasteiger charge is -2.29. The molecule has 31 heavy (non-hydrogen) atoms. The van der Waals surface area contributed by atoms with Crippen LogP contribution in [0.2, 0.25) is 0 Å². The molecular formula is C25H23NO4S. The molecule has 0 fully saturated rings. The minimum Gasteiger partial charge on any atom is -0.459 e. The van der Waals surface area contributed by atoms with Gasteiger partial charge in [0.25, 0.3) is 5.91 Å². The summed E-state index contributed by atoms with van der Waals surface area (Å²) >= 11 is 1.69. The van der Waals surface area contributed by atoms with Crippen molar-refractivity contribution in [2.24, 2.45) is 0 Å². The van der Waals surface area contributed by atoms with Crippen molar-refractivity contribution >= 4 is 27.3 Å². The van der Waals surface area contributed by atoms with E-state index in [0.29, 0.717) is 13.0 Å². The van der Waals surface area contributed by atoms with E-state index in [9.17, 15) is 9.90 Å². The average Bonchev–Trinajstić information content (AvgIpc) is 3.25. The molecule has 2 aromatic carbocycles. The van der Waals surface area contributed by atoms with E-state index < -0.39 is 6.29 Å². The van der Waals surface area contributed by atoms with Gasteiger partial charge in [-0.05, 0) is 39.6 Å². The van der Waals surface area contributed by atoms with Gasteiger partial charge in [-0.25, -0.2) is 0 Å². The van der Waals surface area contributed by atoms with E-state index in [2.05, 4.69) is 28.8 Å². The number of allylic oxidation sites excluding steroid dienone is 1. The highest BCUT2D eigenvalue weighted by molar-refractivity contribution is 7.17. The molecule has 0 saturated heterocycles. The number of fused-ring (bicyclic) bond motifs is 1. The molecule has 1 aromatic heterocycles. The Hall–Kier alpha value is -3.11. The van der Waals surface area contributed by atoms with Crippen LogP contribution >= 0.6 is 11.3 Å². The molecule has 4 rings (SSSR count). The molecule has 5 nitrogen and oxygen atoms in total. The lowest BCUT2D eigenvalue weighted by atomic mass is 9.92. The highest BCUT2D eigenvalue weighted by Gasteiger charge is 2.30. The van der Waals surface area contributed by atoms with Crippen LogP contribution in [0.5, 0.6) is 0 Å². The number of aliphatic hydroxyl groups is 1. The van der Waals surface area contributed by atoms with Crippen molar-refractivity contribution in [1.29, 1.82) is 0 Å². The Bertz CT molecular complexity index is 1130. The minimum absolute atomic E-state index is 0.00404. The zero-order chi connectivity index (χ0) is 21.6. The first-order valence-electron chi connectivity index (χ1n) is 10.0. The first-order chi connectivity index (χ1) is 15.2. The van der Waals surface area contributed by atoms with Gasteiger partial charge in [-0.1, -0.05) is 48.4 Å². The standard InChI is InChI=1S/C25H23NO4S/c1-2-11-26-25(28)22-12-19(21-16-31-23-6-4-3-5-20(21)23)13-24(30-22)29-15-18-9-7-17(14-27)8-10-18/h1,3-10,12,16,19,24,27H,11,13-15H2,(H,26,28)/t19-,24+/m0/s1. The molecule has 1 amide bonds. The van der Waals surface area contributed by atoms with Crippen molar-refractivity contribution in [2.45, 2.75) is 31.8 Å². The molecule has 6 heteroatoms. The highest BCUT2D eigenvalue weighted by atomic mass is 32.1. The molecule has 2 atom stereocenters. The quantitative estimate of drug-likeness (QED) is 0.551. The van der Waals surface area contributed by atoms with Gasteiger partial charge in [0, 0.05) is 17.0 Å². The molecule has 2 heterocycles. The SMILES string of the molecule is C#CCNC(=O)C1=C[C@H](c2csc3ccccc23)C[C@H](OCc2ccc(CO)cc2)O1. The molecule has 0 saturated carbocycles. The maximum Gasteiger partial charge on any atom is 0.286 e. The predicted octanol–water partition coefficient (Wildman–Crippen LogP) is 4.07. The summed E-state index contributed by atoms with van der Waals surface area (Å²) in [7, 11) is 0. The number of terminal acetylenes is 1. The maximum absolute atomic E-state index is 12.5. The van der Waals surface area contributed by atoms with Crippen molar-refractivity contribution in [3.05, 3.63) is 82.4 Å². The van der Waals surface area contributed by atoms with Gasteiger partial charge in [0.2, 0.25) is 6.29 Å². The molecule has 158 valence electrons. The van der Waals surface area contributed by atoms with Gasteiger partial charge in [0.1, 0.15) is 0 Å². The maximum atomic E-state index is 12.5. The molecule has 0 unspecified atom stereocenters. The van der Waals surface area contributed by atoms with Crippen molar-refractivity contribution in [2.75, 3.05) is 6.54 Å². The van der Waals surface area contributed by atoms with Gasteiger partial charge in [-0.15, -0.1) is 17.8 Å². The number of carbonyl (C=O) groups excluding carboxylic acids is 1. The molecule has 1 aliphatic rings. The number of rotatable bonds is 7. The summed E-state index contributed by atoms with van der Waals surface area (Å²) < 4.78 is 13.1. The van der Waals surface area contributed by atoms with Crippen molar-refractivity contribution in [1.82, 2.24) is 5.32 Å². The predicted molar refractivity (Wildman–Crippen MR) is 121 cm³/mol. The largest absolute Gasteiger partial charge is 0.459 e. The first-order valence-corrected chi connectivity index (χ1v) is 10.9. The van der Waals surface area contributed by atoms with E-state index in [1.54, 1.807) is 11.3 Å². The van der Waals surface area contributed by atoms with E-state index in [1.165, 1.54) is 10.1 Å². The summed E-state index contributed by atoms with van der Waals surface area (Å²) in [5.41, 5.74) is 2.97. The van der Waals surface area contributed by atoms with Gasteiger partial charge in [-0.2, -0.15) is 0 Å². The third-order valence-electron chi connectivity index (χ3n) is 5.18. The van der Waals surface area contributed by atoms with Crippen molar-refractivity contribution in [3.63, 3.8) is 0 Å². The third kappa shape index (κ3) is 4.97. The van der Waals surface area contributed by atoms with E-state index in [4.69, 9.17) is 15.9 Å². The number of hydrogen-bond donors (Lipinski definition) is 2.